The summed E-state index contributed by atoms with van der Waals surface area (Å²) in [5.74, 6) is 1.36. The van der Waals surface area contributed by atoms with Gasteiger partial charge in [-0.05, 0) is 99.4 Å². The van der Waals surface area contributed by atoms with Crippen LogP contribution in [0.15, 0.2) is 35.5 Å². The van der Waals surface area contributed by atoms with Crippen LogP contribution in [-0.4, -0.2) is 23.9 Å². The van der Waals surface area contributed by atoms with E-state index in [2.05, 4.69) is 53.3 Å². The fraction of sp³-hybridized carbons (Fsp3) is 0.800. The average Bonchev–Trinajstić information content (AvgIpc) is 3.14. The molecular formula is C30H50O2. The molecule has 0 aliphatic heterocycles. The van der Waals surface area contributed by atoms with Gasteiger partial charge >= 0.3 is 0 Å². The third-order valence-corrected chi connectivity index (χ3v) is 9.80. The molecule has 2 nitrogen and oxygen atoms in total. The molecule has 0 spiro atoms. The standard InChI is InChI=1S/C30H50O2/c1-7-29(5,8-2)18-10-20-32-23(4)27-16-17-28-24(11-9-19-30(27,28)6)13-14-25-21-26(31)15-12-22(25)3/h13-14,23,26-28,31H,3,7-12,15-21H2,1-2,4-6H3/b24-13+,25-14-/t23?,26-,27?,28-,30+/m0/s1. The second-order valence-electron chi connectivity index (χ2n) is 11.7. The minimum atomic E-state index is -0.192. The number of fused-ring (bicyclic) bond motifs is 1. The second kappa shape index (κ2) is 11.0. The highest BCUT2D eigenvalue weighted by Gasteiger charge is 2.51. The smallest absolute Gasteiger partial charge is 0.0583 e. The van der Waals surface area contributed by atoms with E-state index in [1.54, 1.807) is 5.57 Å². The van der Waals surface area contributed by atoms with E-state index in [0.29, 0.717) is 28.8 Å². The van der Waals surface area contributed by atoms with Crippen LogP contribution < -0.4 is 0 Å². The summed E-state index contributed by atoms with van der Waals surface area (Å²) in [5, 5.41) is 10.1. The maximum atomic E-state index is 10.1. The Morgan fingerprint density at radius 3 is 2.66 bits per heavy atom. The van der Waals surface area contributed by atoms with E-state index in [1.165, 1.54) is 68.9 Å². The summed E-state index contributed by atoms with van der Waals surface area (Å²) in [6, 6.07) is 0. The van der Waals surface area contributed by atoms with Crippen molar-refractivity contribution in [3.8, 4) is 0 Å². The molecule has 1 N–H and O–H groups in total. The number of aliphatic hydroxyl groups excluding tert-OH is 1. The lowest BCUT2D eigenvalue weighted by molar-refractivity contribution is -0.0282. The van der Waals surface area contributed by atoms with E-state index < -0.39 is 0 Å². The van der Waals surface area contributed by atoms with Gasteiger partial charge in [-0.3, -0.25) is 0 Å². The summed E-state index contributed by atoms with van der Waals surface area (Å²) in [6.45, 7) is 17.1. The molecule has 3 aliphatic rings. The molecule has 0 radical (unpaired) electrons. The molecule has 3 saturated carbocycles. The van der Waals surface area contributed by atoms with Crippen molar-refractivity contribution in [1.29, 1.82) is 0 Å². The first-order valence-electron chi connectivity index (χ1n) is 13.6. The third-order valence-electron chi connectivity index (χ3n) is 9.80. The van der Waals surface area contributed by atoms with Crippen LogP contribution in [0.25, 0.3) is 0 Å². The van der Waals surface area contributed by atoms with Crippen LogP contribution in [0.3, 0.4) is 0 Å². The molecule has 0 heterocycles. The van der Waals surface area contributed by atoms with Crippen LogP contribution in [0.2, 0.25) is 0 Å². The van der Waals surface area contributed by atoms with Crippen molar-refractivity contribution in [1.82, 2.24) is 0 Å². The molecule has 2 unspecified atom stereocenters. The SMILES string of the molecule is C=C1CC[C@H](O)C/C1=C/C=C1\CCC[C@]2(C)C(C(C)OCCCC(C)(CC)CC)CC[C@@H]12. The molecule has 0 bridgehead atoms. The largest absolute Gasteiger partial charge is 0.393 e. The lowest BCUT2D eigenvalue weighted by Crippen LogP contribution is -2.38. The van der Waals surface area contributed by atoms with Crippen molar-refractivity contribution in [2.24, 2.45) is 22.7 Å². The first-order valence-corrected chi connectivity index (χ1v) is 13.6. The van der Waals surface area contributed by atoms with Gasteiger partial charge < -0.3 is 9.84 Å². The number of allylic oxidation sites excluding steroid dienone is 4. The number of aliphatic hydroxyl groups is 1. The van der Waals surface area contributed by atoms with Crippen molar-refractivity contribution >= 4 is 0 Å². The Hall–Kier alpha value is -0.860. The monoisotopic (exact) mass is 442 g/mol. The molecule has 3 rings (SSSR count). The molecule has 182 valence electrons. The average molecular weight is 443 g/mol. The number of ether oxygens (including phenoxy) is 1. The summed E-state index contributed by atoms with van der Waals surface area (Å²) in [4.78, 5) is 0. The number of hydrogen-bond donors (Lipinski definition) is 1. The molecule has 0 aromatic heterocycles. The highest BCUT2D eigenvalue weighted by atomic mass is 16.5. The van der Waals surface area contributed by atoms with Crippen molar-refractivity contribution in [3.05, 3.63) is 35.5 Å². The Balaban J connectivity index is 1.60. The zero-order chi connectivity index (χ0) is 23.4. The molecule has 0 saturated heterocycles. The van der Waals surface area contributed by atoms with Gasteiger partial charge in [-0.2, -0.15) is 0 Å². The predicted molar refractivity (Wildman–Crippen MR) is 137 cm³/mol. The lowest BCUT2D eigenvalue weighted by Gasteiger charge is -2.44. The van der Waals surface area contributed by atoms with E-state index in [4.69, 9.17) is 4.74 Å². The first-order chi connectivity index (χ1) is 15.2. The van der Waals surface area contributed by atoms with Gasteiger partial charge in [-0.25, -0.2) is 0 Å². The van der Waals surface area contributed by atoms with Gasteiger partial charge in [0, 0.05) is 6.61 Å². The van der Waals surface area contributed by atoms with E-state index in [0.717, 1.165) is 25.9 Å². The highest BCUT2D eigenvalue weighted by molar-refractivity contribution is 5.36. The number of hydrogen-bond acceptors (Lipinski definition) is 2. The van der Waals surface area contributed by atoms with Gasteiger partial charge in [0.1, 0.15) is 0 Å². The fourth-order valence-corrected chi connectivity index (χ4v) is 6.93. The van der Waals surface area contributed by atoms with Gasteiger partial charge in [0.25, 0.3) is 0 Å². The quantitative estimate of drug-likeness (QED) is 0.365. The van der Waals surface area contributed by atoms with Crippen LogP contribution in [0.5, 0.6) is 0 Å². The molecule has 2 heteroatoms. The minimum absolute atomic E-state index is 0.192. The van der Waals surface area contributed by atoms with Crippen molar-refractivity contribution in [3.63, 3.8) is 0 Å². The Morgan fingerprint density at radius 2 is 1.94 bits per heavy atom. The number of rotatable bonds is 9. The molecule has 32 heavy (non-hydrogen) atoms. The van der Waals surface area contributed by atoms with Crippen LogP contribution >= 0.6 is 0 Å². The fourth-order valence-electron chi connectivity index (χ4n) is 6.93. The normalized spacial score (nSPS) is 34.8. The van der Waals surface area contributed by atoms with Crippen molar-refractivity contribution in [2.45, 2.75) is 124 Å². The third kappa shape index (κ3) is 5.79. The topological polar surface area (TPSA) is 29.5 Å². The summed E-state index contributed by atoms with van der Waals surface area (Å²) in [5.41, 5.74) is 4.97. The Morgan fingerprint density at radius 1 is 1.19 bits per heavy atom. The second-order valence-corrected chi connectivity index (χ2v) is 11.7. The minimum Gasteiger partial charge on any atom is -0.393 e. The summed E-state index contributed by atoms with van der Waals surface area (Å²) >= 11 is 0. The summed E-state index contributed by atoms with van der Waals surface area (Å²) < 4.78 is 6.47. The zero-order valence-corrected chi connectivity index (χ0v) is 21.7. The molecule has 3 fully saturated rings. The predicted octanol–water partition coefficient (Wildman–Crippen LogP) is 8.17. The van der Waals surface area contributed by atoms with E-state index >= 15 is 0 Å². The summed E-state index contributed by atoms with van der Waals surface area (Å²) in [7, 11) is 0. The first kappa shape index (κ1) is 25.8. The van der Waals surface area contributed by atoms with Crippen LogP contribution in [0, 0.1) is 22.7 Å². The van der Waals surface area contributed by atoms with Gasteiger partial charge in [0.15, 0.2) is 0 Å². The maximum absolute atomic E-state index is 10.1. The van der Waals surface area contributed by atoms with E-state index in [1.807, 2.05) is 0 Å². The molecule has 3 aliphatic carbocycles. The van der Waals surface area contributed by atoms with Gasteiger partial charge in [0.05, 0.1) is 12.2 Å². The van der Waals surface area contributed by atoms with Crippen LogP contribution in [0.1, 0.15) is 112 Å². The molecule has 5 atom stereocenters. The molecular weight excluding hydrogens is 392 g/mol. The van der Waals surface area contributed by atoms with E-state index in [-0.39, 0.29) is 6.10 Å². The van der Waals surface area contributed by atoms with Gasteiger partial charge in [0.2, 0.25) is 0 Å². The van der Waals surface area contributed by atoms with Crippen molar-refractivity contribution < 1.29 is 9.84 Å². The molecule has 0 aromatic carbocycles. The zero-order valence-electron chi connectivity index (χ0n) is 21.7. The summed E-state index contributed by atoms with van der Waals surface area (Å²) in [6.07, 6.45) is 18.9. The van der Waals surface area contributed by atoms with Gasteiger partial charge in [-0.15, -0.1) is 0 Å². The Bertz CT molecular complexity index is 698. The Kier molecular flexibility index (Phi) is 8.89. The molecule has 0 aromatic rings. The molecule has 0 amide bonds. The van der Waals surface area contributed by atoms with Gasteiger partial charge in [-0.1, -0.05) is 70.4 Å². The van der Waals surface area contributed by atoms with Crippen molar-refractivity contribution in [2.75, 3.05) is 6.61 Å². The lowest BCUT2D eigenvalue weighted by atomic mass is 9.62. The maximum Gasteiger partial charge on any atom is 0.0583 e. The highest BCUT2D eigenvalue weighted by Crippen LogP contribution is 2.58. The van der Waals surface area contributed by atoms with Crippen LogP contribution in [-0.2, 0) is 4.74 Å². The van der Waals surface area contributed by atoms with E-state index in [9.17, 15) is 5.11 Å². The van der Waals surface area contributed by atoms with Crippen LogP contribution in [0.4, 0.5) is 0 Å². The Labute approximate surface area is 198 Å².